The summed E-state index contributed by atoms with van der Waals surface area (Å²) < 4.78 is 6.15. The SMILES string of the molecule is CCC(CCCC(CCCC(C)(C)C(=O)OC1(CC)CCCC1)c1ccccc1)c1ccc(O)cc1. The fourth-order valence-electron chi connectivity index (χ4n) is 5.94. The summed E-state index contributed by atoms with van der Waals surface area (Å²) in [6, 6.07) is 18.6. The molecular formula is C33H48O3. The number of phenolic OH excluding ortho intramolecular Hbond substituents is 1. The molecule has 0 radical (unpaired) electrons. The van der Waals surface area contributed by atoms with E-state index in [9.17, 15) is 9.90 Å². The van der Waals surface area contributed by atoms with Gasteiger partial charge in [-0.05, 0) is 113 Å². The molecule has 2 atom stereocenters. The van der Waals surface area contributed by atoms with E-state index in [2.05, 4.69) is 70.2 Å². The van der Waals surface area contributed by atoms with Crippen molar-refractivity contribution in [3.8, 4) is 5.75 Å². The highest BCUT2D eigenvalue weighted by Gasteiger charge is 2.40. The minimum absolute atomic E-state index is 0.0119. The Balaban J connectivity index is 1.55. The fourth-order valence-corrected chi connectivity index (χ4v) is 5.94. The maximum Gasteiger partial charge on any atom is 0.312 e. The molecule has 36 heavy (non-hydrogen) atoms. The number of esters is 1. The molecule has 0 spiro atoms. The number of carbonyl (C=O) groups is 1. The number of aromatic hydroxyl groups is 1. The van der Waals surface area contributed by atoms with E-state index in [0.29, 0.717) is 17.6 Å². The number of benzene rings is 2. The molecule has 0 aromatic heterocycles. The van der Waals surface area contributed by atoms with Crippen LogP contribution in [0.15, 0.2) is 54.6 Å². The van der Waals surface area contributed by atoms with E-state index < -0.39 is 5.41 Å². The van der Waals surface area contributed by atoms with E-state index in [0.717, 1.165) is 57.8 Å². The maximum absolute atomic E-state index is 13.1. The van der Waals surface area contributed by atoms with Crippen molar-refractivity contribution in [2.45, 2.75) is 122 Å². The fraction of sp³-hybridized carbons (Fsp3) is 0.606. The second kappa shape index (κ2) is 13.3. The zero-order valence-electron chi connectivity index (χ0n) is 23.1. The Hall–Kier alpha value is -2.29. The van der Waals surface area contributed by atoms with Crippen LogP contribution in [0.5, 0.6) is 5.75 Å². The molecule has 2 aromatic rings. The lowest BCUT2D eigenvalue weighted by Gasteiger charge is -2.33. The van der Waals surface area contributed by atoms with Crippen LogP contribution in [0.2, 0.25) is 0 Å². The molecule has 1 aliphatic rings. The Morgan fingerprint density at radius 3 is 2.08 bits per heavy atom. The first-order chi connectivity index (χ1) is 17.3. The highest BCUT2D eigenvalue weighted by molar-refractivity contribution is 5.76. The van der Waals surface area contributed by atoms with Crippen molar-refractivity contribution >= 4 is 5.97 Å². The van der Waals surface area contributed by atoms with Crippen LogP contribution in [-0.2, 0) is 9.53 Å². The van der Waals surface area contributed by atoms with Gasteiger partial charge in [0.25, 0.3) is 0 Å². The number of hydrogen-bond donors (Lipinski definition) is 1. The van der Waals surface area contributed by atoms with Crippen molar-refractivity contribution in [1.82, 2.24) is 0 Å². The van der Waals surface area contributed by atoms with Gasteiger partial charge >= 0.3 is 5.97 Å². The van der Waals surface area contributed by atoms with Gasteiger partial charge in [0.1, 0.15) is 11.4 Å². The van der Waals surface area contributed by atoms with Crippen LogP contribution in [0.25, 0.3) is 0 Å². The molecule has 1 aliphatic carbocycles. The van der Waals surface area contributed by atoms with Crippen LogP contribution in [0.4, 0.5) is 0 Å². The molecule has 0 aliphatic heterocycles. The van der Waals surface area contributed by atoms with Crippen LogP contribution in [0, 0.1) is 5.41 Å². The molecule has 198 valence electrons. The van der Waals surface area contributed by atoms with Gasteiger partial charge in [-0.15, -0.1) is 0 Å². The molecule has 0 heterocycles. The predicted molar refractivity (Wildman–Crippen MR) is 149 cm³/mol. The minimum Gasteiger partial charge on any atom is -0.508 e. The standard InChI is InChI=1S/C33H48O3/c1-5-26(29-19-21-30(34)22-20-29)16-12-17-28(27-14-8-7-9-15-27)18-13-23-32(3,4)31(35)36-33(6-2)24-10-11-25-33/h7-9,14-15,19-22,26,28,34H,5-6,10-13,16-18,23-25H2,1-4H3. The number of phenols is 1. The van der Waals surface area contributed by atoms with Crippen LogP contribution in [0.1, 0.15) is 128 Å². The largest absolute Gasteiger partial charge is 0.508 e. The Kier molecular flexibility index (Phi) is 10.5. The Labute approximate surface area is 219 Å². The number of carbonyl (C=O) groups excluding carboxylic acids is 1. The molecule has 0 bridgehead atoms. The predicted octanol–water partition coefficient (Wildman–Crippen LogP) is 9.30. The van der Waals surface area contributed by atoms with Gasteiger partial charge in [-0.2, -0.15) is 0 Å². The molecule has 3 nitrogen and oxygen atoms in total. The molecule has 0 saturated heterocycles. The van der Waals surface area contributed by atoms with Gasteiger partial charge in [0.15, 0.2) is 0 Å². The summed E-state index contributed by atoms with van der Waals surface area (Å²) in [5, 5.41) is 9.63. The van der Waals surface area contributed by atoms with E-state index in [-0.39, 0.29) is 11.6 Å². The molecule has 3 heteroatoms. The molecular weight excluding hydrogens is 444 g/mol. The monoisotopic (exact) mass is 492 g/mol. The third-order valence-corrected chi connectivity index (χ3v) is 8.61. The van der Waals surface area contributed by atoms with Gasteiger partial charge in [-0.3, -0.25) is 4.79 Å². The first kappa shape index (κ1) is 28.3. The molecule has 1 fully saturated rings. The highest BCUT2D eigenvalue weighted by Crippen LogP contribution is 2.39. The van der Waals surface area contributed by atoms with Crippen molar-refractivity contribution in [2.24, 2.45) is 5.41 Å². The smallest absolute Gasteiger partial charge is 0.312 e. The first-order valence-electron chi connectivity index (χ1n) is 14.4. The molecule has 1 N–H and O–H groups in total. The van der Waals surface area contributed by atoms with E-state index in [4.69, 9.17) is 4.74 Å². The highest BCUT2D eigenvalue weighted by atomic mass is 16.6. The van der Waals surface area contributed by atoms with Crippen molar-refractivity contribution in [3.63, 3.8) is 0 Å². The molecule has 1 saturated carbocycles. The average Bonchev–Trinajstić information content (AvgIpc) is 3.35. The third kappa shape index (κ3) is 7.85. The minimum atomic E-state index is -0.446. The van der Waals surface area contributed by atoms with E-state index in [1.165, 1.54) is 30.4 Å². The molecule has 0 amide bonds. The van der Waals surface area contributed by atoms with Crippen LogP contribution in [0.3, 0.4) is 0 Å². The Morgan fingerprint density at radius 2 is 1.47 bits per heavy atom. The van der Waals surface area contributed by atoms with Crippen molar-refractivity contribution in [2.75, 3.05) is 0 Å². The summed E-state index contributed by atoms with van der Waals surface area (Å²) >= 11 is 0. The zero-order chi connectivity index (χ0) is 26.0. The van der Waals surface area contributed by atoms with Crippen molar-refractivity contribution in [3.05, 3.63) is 65.7 Å². The maximum atomic E-state index is 13.1. The van der Waals surface area contributed by atoms with Gasteiger partial charge in [0, 0.05) is 0 Å². The van der Waals surface area contributed by atoms with Crippen LogP contribution >= 0.6 is 0 Å². The second-order valence-corrected chi connectivity index (χ2v) is 11.6. The Morgan fingerprint density at radius 1 is 0.889 bits per heavy atom. The zero-order valence-corrected chi connectivity index (χ0v) is 23.1. The third-order valence-electron chi connectivity index (χ3n) is 8.61. The van der Waals surface area contributed by atoms with Crippen molar-refractivity contribution < 1.29 is 14.6 Å². The van der Waals surface area contributed by atoms with Crippen LogP contribution < -0.4 is 0 Å². The average molecular weight is 493 g/mol. The lowest BCUT2D eigenvalue weighted by atomic mass is 9.82. The topological polar surface area (TPSA) is 46.5 Å². The number of ether oxygens (including phenoxy) is 1. The summed E-state index contributed by atoms with van der Waals surface area (Å²) in [5.74, 6) is 1.35. The summed E-state index contributed by atoms with van der Waals surface area (Å²) in [7, 11) is 0. The molecule has 2 aromatic carbocycles. The van der Waals surface area contributed by atoms with Gasteiger partial charge in [0.2, 0.25) is 0 Å². The van der Waals surface area contributed by atoms with Gasteiger partial charge < -0.3 is 9.84 Å². The van der Waals surface area contributed by atoms with E-state index in [1.54, 1.807) is 12.1 Å². The summed E-state index contributed by atoms with van der Waals surface area (Å²) in [4.78, 5) is 13.1. The lowest BCUT2D eigenvalue weighted by molar-refractivity contribution is -0.171. The number of rotatable bonds is 14. The van der Waals surface area contributed by atoms with Gasteiger partial charge in [-0.1, -0.05) is 69.2 Å². The second-order valence-electron chi connectivity index (χ2n) is 11.6. The normalized spacial score (nSPS) is 17.0. The Bertz CT molecular complexity index is 910. The molecule has 3 rings (SSSR count). The van der Waals surface area contributed by atoms with E-state index >= 15 is 0 Å². The first-order valence-corrected chi connectivity index (χ1v) is 14.4. The van der Waals surface area contributed by atoms with Gasteiger partial charge in [0.05, 0.1) is 5.41 Å². The summed E-state index contributed by atoms with van der Waals surface area (Å²) in [6.45, 7) is 8.53. The summed E-state index contributed by atoms with van der Waals surface area (Å²) in [6.07, 6.45) is 12.9. The van der Waals surface area contributed by atoms with Gasteiger partial charge in [-0.25, -0.2) is 0 Å². The lowest BCUT2D eigenvalue weighted by Crippen LogP contribution is -2.37. The number of hydrogen-bond acceptors (Lipinski definition) is 3. The quantitative estimate of drug-likeness (QED) is 0.267. The van der Waals surface area contributed by atoms with E-state index in [1.807, 2.05) is 0 Å². The van der Waals surface area contributed by atoms with Crippen LogP contribution in [-0.4, -0.2) is 16.7 Å². The summed E-state index contributed by atoms with van der Waals surface area (Å²) in [5.41, 5.74) is 2.07. The molecule has 2 unspecified atom stereocenters. The van der Waals surface area contributed by atoms with Crippen molar-refractivity contribution in [1.29, 1.82) is 0 Å².